The summed E-state index contributed by atoms with van der Waals surface area (Å²) in [5.41, 5.74) is 0. The molecule has 1 heterocycles. The quantitative estimate of drug-likeness (QED) is 0.658. The van der Waals surface area contributed by atoms with E-state index in [1.165, 1.54) is 4.90 Å². The molecule has 0 bridgehead atoms. The number of carboxylic acids is 1. The second kappa shape index (κ2) is 4.11. The first kappa shape index (κ1) is 10.9. The predicted molar refractivity (Wildman–Crippen MR) is 53.6 cm³/mol. The van der Waals surface area contributed by atoms with E-state index < -0.39 is 5.97 Å². The predicted octanol–water partition coefficient (Wildman–Crippen LogP) is 0.182. The van der Waals surface area contributed by atoms with Crippen LogP contribution < -0.4 is 5.32 Å². The molecular weight excluding hydrogens is 212 g/mol. The molecule has 6 heteroatoms. The maximum Gasteiger partial charge on any atom is 0.324 e. The number of carbonyl (C=O) groups excluding carboxylic acids is 2. The van der Waals surface area contributed by atoms with Crippen molar-refractivity contribution >= 4 is 17.9 Å². The monoisotopic (exact) mass is 226 g/mol. The maximum absolute atomic E-state index is 11.4. The number of urea groups is 1. The van der Waals surface area contributed by atoms with Gasteiger partial charge < -0.3 is 10.4 Å². The third-order valence-corrected chi connectivity index (χ3v) is 3.29. The highest BCUT2D eigenvalue weighted by molar-refractivity contribution is 6.02. The second-order valence-electron chi connectivity index (χ2n) is 4.27. The molecule has 2 N–H and O–H groups in total. The lowest BCUT2D eigenvalue weighted by Gasteiger charge is -2.31. The highest BCUT2D eigenvalue weighted by Crippen LogP contribution is 2.28. The molecule has 3 amide bonds. The van der Waals surface area contributed by atoms with Gasteiger partial charge >= 0.3 is 12.0 Å². The molecule has 6 nitrogen and oxygen atoms in total. The molecule has 2 rings (SSSR count). The van der Waals surface area contributed by atoms with Gasteiger partial charge in [0.25, 0.3) is 0 Å². The molecule has 16 heavy (non-hydrogen) atoms. The lowest BCUT2D eigenvalue weighted by Crippen LogP contribution is -2.43. The van der Waals surface area contributed by atoms with Crippen LogP contribution >= 0.6 is 0 Å². The number of carbonyl (C=O) groups is 3. The van der Waals surface area contributed by atoms with Crippen molar-refractivity contribution in [1.82, 2.24) is 10.2 Å². The topological polar surface area (TPSA) is 86.7 Å². The standard InChI is InChI=1S/C10H14N2O4/c13-8-5-11-10(16)12(8)7-3-1-6(2-4-7)9(14)15/h6-7H,1-5H2,(H,11,16)(H,14,15)/t6-,7-. The number of nitrogens with zero attached hydrogens (tertiary/aromatic N) is 1. The van der Waals surface area contributed by atoms with Crippen molar-refractivity contribution in [2.45, 2.75) is 31.7 Å². The molecule has 1 aliphatic heterocycles. The molecule has 1 saturated carbocycles. The van der Waals surface area contributed by atoms with Gasteiger partial charge in [-0.25, -0.2) is 4.79 Å². The molecule has 0 radical (unpaired) electrons. The molecule has 88 valence electrons. The molecule has 1 saturated heterocycles. The van der Waals surface area contributed by atoms with Crippen LogP contribution in [-0.2, 0) is 9.59 Å². The lowest BCUT2D eigenvalue weighted by molar-refractivity contribution is -0.143. The highest BCUT2D eigenvalue weighted by Gasteiger charge is 2.37. The van der Waals surface area contributed by atoms with Gasteiger partial charge in [-0.1, -0.05) is 0 Å². The number of amides is 3. The number of hydrogen-bond acceptors (Lipinski definition) is 3. The summed E-state index contributed by atoms with van der Waals surface area (Å²) in [6.45, 7) is 0.0672. The van der Waals surface area contributed by atoms with Crippen molar-refractivity contribution in [3.63, 3.8) is 0 Å². The second-order valence-corrected chi connectivity index (χ2v) is 4.27. The number of carboxylic acid groups (broad SMARTS) is 1. The van der Waals surface area contributed by atoms with E-state index in [9.17, 15) is 14.4 Å². The molecule has 0 spiro atoms. The van der Waals surface area contributed by atoms with Crippen LogP contribution in [0.25, 0.3) is 0 Å². The Bertz CT molecular complexity index is 318. The number of hydrogen-bond donors (Lipinski definition) is 2. The Morgan fingerprint density at radius 1 is 1.25 bits per heavy atom. The van der Waals surface area contributed by atoms with Crippen LogP contribution in [0.2, 0.25) is 0 Å². The van der Waals surface area contributed by atoms with Crippen LogP contribution in [-0.4, -0.2) is 40.5 Å². The van der Waals surface area contributed by atoms with Crippen molar-refractivity contribution in [3.05, 3.63) is 0 Å². The van der Waals surface area contributed by atoms with Crippen LogP contribution in [0.4, 0.5) is 4.79 Å². The molecule has 0 aromatic heterocycles. The molecule has 1 aliphatic carbocycles. The van der Waals surface area contributed by atoms with Crippen LogP contribution in [0.1, 0.15) is 25.7 Å². The van der Waals surface area contributed by atoms with Crippen LogP contribution in [0, 0.1) is 5.92 Å². The minimum Gasteiger partial charge on any atom is -0.481 e. The smallest absolute Gasteiger partial charge is 0.324 e. The zero-order valence-electron chi connectivity index (χ0n) is 8.81. The summed E-state index contributed by atoms with van der Waals surface area (Å²) in [7, 11) is 0. The first-order valence-corrected chi connectivity index (χ1v) is 5.42. The summed E-state index contributed by atoms with van der Waals surface area (Å²) in [5, 5.41) is 11.3. The number of nitrogens with one attached hydrogen (secondary N) is 1. The Morgan fingerprint density at radius 2 is 1.88 bits per heavy atom. The van der Waals surface area contributed by atoms with E-state index in [0.29, 0.717) is 25.7 Å². The summed E-state index contributed by atoms with van der Waals surface area (Å²) in [6, 6.07) is -0.464. The first-order valence-electron chi connectivity index (χ1n) is 5.42. The van der Waals surface area contributed by atoms with Gasteiger partial charge in [0, 0.05) is 6.04 Å². The molecular formula is C10H14N2O4. The molecule has 0 aromatic rings. The maximum atomic E-state index is 11.4. The van der Waals surface area contributed by atoms with Crippen LogP contribution in [0.5, 0.6) is 0 Å². The molecule has 2 aliphatic rings. The first-order chi connectivity index (χ1) is 7.59. The number of rotatable bonds is 2. The average molecular weight is 226 g/mol. The van der Waals surface area contributed by atoms with Crippen molar-refractivity contribution in [3.8, 4) is 0 Å². The Kier molecular flexibility index (Phi) is 2.80. The number of imide groups is 1. The van der Waals surface area contributed by atoms with E-state index in [1.54, 1.807) is 0 Å². The van der Waals surface area contributed by atoms with Gasteiger partial charge in [0.05, 0.1) is 12.5 Å². The third-order valence-electron chi connectivity index (χ3n) is 3.29. The van der Waals surface area contributed by atoms with Gasteiger partial charge in [-0.2, -0.15) is 0 Å². The Hall–Kier alpha value is -1.59. The fourth-order valence-corrected chi connectivity index (χ4v) is 2.39. The normalized spacial score (nSPS) is 30.4. The summed E-state index contributed by atoms with van der Waals surface area (Å²) >= 11 is 0. The Morgan fingerprint density at radius 3 is 2.31 bits per heavy atom. The van der Waals surface area contributed by atoms with Crippen molar-refractivity contribution in [2.75, 3.05) is 6.54 Å². The van der Waals surface area contributed by atoms with Crippen LogP contribution in [0.15, 0.2) is 0 Å². The largest absolute Gasteiger partial charge is 0.481 e. The highest BCUT2D eigenvalue weighted by atomic mass is 16.4. The molecule has 0 aromatic carbocycles. The van der Waals surface area contributed by atoms with Crippen molar-refractivity contribution < 1.29 is 19.5 Å². The van der Waals surface area contributed by atoms with Crippen LogP contribution in [0.3, 0.4) is 0 Å². The Balaban J connectivity index is 1.96. The zero-order chi connectivity index (χ0) is 11.7. The SMILES string of the molecule is O=C1CNC(=O)N1[C@H]1CC[C@H](C(=O)O)CC1. The number of aliphatic carboxylic acids is 1. The minimum absolute atomic E-state index is 0.0672. The van der Waals surface area contributed by atoms with Gasteiger partial charge in [0.15, 0.2) is 0 Å². The van der Waals surface area contributed by atoms with Gasteiger partial charge in [-0.15, -0.1) is 0 Å². The van der Waals surface area contributed by atoms with Crippen molar-refractivity contribution in [2.24, 2.45) is 5.92 Å². The van der Waals surface area contributed by atoms with E-state index in [0.717, 1.165) is 0 Å². The summed E-state index contributed by atoms with van der Waals surface area (Å²) in [4.78, 5) is 34.8. The molecule has 2 fully saturated rings. The van der Waals surface area contributed by atoms with E-state index in [4.69, 9.17) is 5.11 Å². The Labute approximate surface area is 92.6 Å². The molecule has 0 atom stereocenters. The summed E-state index contributed by atoms with van der Waals surface area (Å²) < 4.78 is 0. The fourth-order valence-electron chi connectivity index (χ4n) is 2.39. The summed E-state index contributed by atoms with van der Waals surface area (Å²) in [6.07, 6.45) is 2.26. The lowest BCUT2D eigenvalue weighted by atomic mass is 9.85. The zero-order valence-corrected chi connectivity index (χ0v) is 8.81. The summed E-state index contributed by atoms with van der Waals surface area (Å²) in [5.74, 6) is -1.31. The fraction of sp³-hybridized carbons (Fsp3) is 0.700. The third kappa shape index (κ3) is 1.87. The van der Waals surface area contributed by atoms with E-state index in [2.05, 4.69) is 5.32 Å². The van der Waals surface area contributed by atoms with Gasteiger partial charge in [-0.05, 0) is 25.7 Å². The van der Waals surface area contributed by atoms with Gasteiger partial charge in [-0.3, -0.25) is 14.5 Å². The molecule has 0 unspecified atom stereocenters. The van der Waals surface area contributed by atoms with E-state index >= 15 is 0 Å². The van der Waals surface area contributed by atoms with Gasteiger partial charge in [0.1, 0.15) is 0 Å². The average Bonchev–Trinajstić information content (AvgIpc) is 2.59. The van der Waals surface area contributed by atoms with Crippen molar-refractivity contribution in [1.29, 1.82) is 0 Å². The van der Waals surface area contributed by atoms with E-state index in [1.807, 2.05) is 0 Å². The van der Waals surface area contributed by atoms with E-state index in [-0.39, 0.29) is 30.4 Å². The minimum atomic E-state index is -0.782. The van der Waals surface area contributed by atoms with Gasteiger partial charge in [0.2, 0.25) is 5.91 Å².